The normalized spacial score (nSPS) is 10.6. The zero-order valence-electron chi connectivity index (χ0n) is 11.6. The zero-order chi connectivity index (χ0) is 15.8. The molecule has 0 saturated carbocycles. The van der Waals surface area contributed by atoms with Crippen LogP contribution < -0.4 is 5.32 Å². The van der Waals surface area contributed by atoms with Crippen LogP contribution in [0.2, 0.25) is 0 Å². The van der Waals surface area contributed by atoms with Gasteiger partial charge in [-0.3, -0.25) is 4.79 Å². The van der Waals surface area contributed by atoms with Crippen molar-refractivity contribution in [3.05, 3.63) is 64.5 Å². The lowest BCUT2D eigenvalue weighted by atomic mass is 10.2. The minimum atomic E-state index is -0.573. The van der Waals surface area contributed by atoms with Crippen molar-refractivity contribution in [2.24, 2.45) is 0 Å². The molecule has 22 heavy (non-hydrogen) atoms. The van der Waals surface area contributed by atoms with Crippen molar-refractivity contribution < 1.29 is 18.7 Å². The standard InChI is InChI=1S/C16H14BrNO4/c17-13-6-3-12(4-7-13)5-8-16(20)22-11-15(19)18-10-14-2-1-9-21-14/h1-9H,10-11H2,(H,18,19)/b8-5+. The summed E-state index contributed by atoms with van der Waals surface area (Å²) < 4.78 is 10.9. The smallest absolute Gasteiger partial charge is 0.331 e. The van der Waals surface area contributed by atoms with Gasteiger partial charge in [-0.05, 0) is 35.9 Å². The SMILES string of the molecule is O=C(COC(=O)/C=C/c1ccc(Br)cc1)NCc1ccco1. The number of ether oxygens (including phenoxy) is 1. The van der Waals surface area contributed by atoms with Crippen molar-refractivity contribution in [1.82, 2.24) is 5.32 Å². The van der Waals surface area contributed by atoms with Gasteiger partial charge in [-0.25, -0.2) is 4.79 Å². The van der Waals surface area contributed by atoms with Crippen LogP contribution in [0, 0.1) is 0 Å². The highest BCUT2D eigenvalue weighted by Crippen LogP contribution is 2.11. The van der Waals surface area contributed by atoms with E-state index in [1.54, 1.807) is 18.2 Å². The minimum Gasteiger partial charge on any atom is -0.467 e. The predicted molar refractivity (Wildman–Crippen MR) is 84.7 cm³/mol. The first-order chi connectivity index (χ1) is 10.6. The molecular formula is C16H14BrNO4. The molecule has 6 heteroatoms. The number of furan rings is 1. The van der Waals surface area contributed by atoms with Crippen molar-refractivity contribution in [3.8, 4) is 0 Å². The van der Waals surface area contributed by atoms with E-state index in [-0.39, 0.29) is 19.1 Å². The molecule has 0 spiro atoms. The molecule has 2 rings (SSSR count). The zero-order valence-corrected chi connectivity index (χ0v) is 13.2. The lowest BCUT2D eigenvalue weighted by Gasteiger charge is -2.03. The maximum absolute atomic E-state index is 11.5. The van der Waals surface area contributed by atoms with Gasteiger partial charge in [0.15, 0.2) is 6.61 Å². The van der Waals surface area contributed by atoms with E-state index in [9.17, 15) is 9.59 Å². The molecular weight excluding hydrogens is 350 g/mol. The average molecular weight is 364 g/mol. The molecule has 1 N–H and O–H groups in total. The first kappa shape index (κ1) is 16.0. The first-order valence-corrected chi connectivity index (χ1v) is 7.32. The van der Waals surface area contributed by atoms with Gasteiger partial charge in [0.05, 0.1) is 12.8 Å². The minimum absolute atomic E-state index is 0.262. The Morgan fingerprint density at radius 3 is 2.68 bits per heavy atom. The van der Waals surface area contributed by atoms with Crippen LogP contribution in [-0.4, -0.2) is 18.5 Å². The van der Waals surface area contributed by atoms with E-state index in [0.717, 1.165) is 10.0 Å². The second-order valence-electron chi connectivity index (χ2n) is 4.35. The lowest BCUT2D eigenvalue weighted by molar-refractivity contribution is -0.143. The van der Waals surface area contributed by atoms with Gasteiger partial charge in [0.25, 0.3) is 5.91 Å². The van der Waals surface area contributed by atoms with E-state index in [1.807, 2.05) is 24.3 Å². The number of amides is 1. The summed E-state index contributed by atoms with van der Waals surface area (Å²) in [6.45, 7) is -0.0671. The summed E-state index contributed by atoms with van der Waals surface area (Å²) in [5.74, 6) is -0.326. The molecule has 0 aliphatic heterocycles. The quantitative estimate of drug-likeness (QED) is 0.632. The molecule has 0 unspecified atom stereocenters. The van der Waals surface area contributed by atoms with E-state index >= 15 is 0 Å². The number of benzene rings is 1. The number of carbonyl (C=O) groups is 2. The van der Waals surface area contributed by atoms with Crippen LogP contribution in [0.4, 0.5) is 0 Å². The van der Waals surface area contributed by atoms with Gasteiger partial charge in [0.2, 0.25) is 0 Å². The van der Waals surface area contributed by atoms with E-state index in [1.165, 1.54) is 12.3 Å². The van der Waals surface area contributed by atoms with Crippen molar-refractivity contribution in [3.63, 3.8) is 0 Å². The third-order valence-electron chi connectivity index (χ3n) is 2.67. The fraction of sp³-hybridized carbons (Fsp3) is 0.125. The van der Waals surface area contributed by atoms with Crippen molar-refractivity contribution in [2.45, 2.75) is 6.54 Å². The second-order valence-corrected chi connectivity index (χ2v) is 5.26. The molecule has 1 amide bonds. The number of halogens is 1. The van der Waals surface area contributed by atoms with Crippen LogP contribution in [0.1, 0.15) is 11.3 Å². The predicted octanol–water partition coefficient (Wildman–Crippen LogP) is 2.91. The first-order valence-electron chi connectivity index (χ1n) is 6.53. The summed E-state index contributed by atoms with van der Waals surface area (Å²) in [6.07, 6.45) is 4.42. The maximum atomic E-state index is 11.5. The Balaban J connectivity index is 1.70. The van der Waals surface area contributed by atoms with E-state index in [2.05, 4.69) is 21.2 Å². The molecule has 5 nitrogen and oxygen atoms in total. The Hall–Kier alpha value is -2.34. The van der Waals surface area contributed by atoms with Crippen LogP contribution in [0.5, 0.6) is 0 Å². The van der Waals surface area contributed by atoms with Crippen LogP contribution in [0.3, 0.4) is 0 Å². The van der Waals surface area contributed by atoms with E-state index in [4.69, 9.17) is 9.15 Å². The Bertz CT molecular complexity index is 647. The molecule has 0 atom stereocenters. The van der Waals surface area contributed by atoms with Crippen molar-refractivity contribution in [2.75, 3.05) is 6.61 Å². The molecule has 1 aromatic carbocycles. The number of rotatable bonds is 6. The number of hydrogen-bond acceptors (Lipinski definition) is 4. The second kappa shape index (κ2) is 8.19. The number of carbonyl (C=O) groups excluding carboxylic acids is 2. The third kappa shape index (κ3) is 5.57. The lowest BCUT2D eigenvalue weighted by Crippen LogP contribution is -2.27. The molecule has 0 aliphatic rings. The Morgan fingerprint density at radius 2 is 2.00 bits per heavy atom. The molecule has 1 aromatic heterocycles. The fourth-order valence-corrected chi connectivity index (χ4v) is 1.84. The van der Waals surface area contributed by atoms with Crippen LogP contribution in [-0.2, 0) is 20.9 Å². The number of nitrogens with one attached hydrogen (secondary N) is 1. The van der Waals surface area contributed by atoms with Gasteiger partial charge in [0, 0.05) is 10.5 Å². The average Bonchev–Trinajstić information content (AvgIpc) is 3.04. The summed E-state index contributed by atoms with van der Waals surface area (Å²) >= 11 is 3.33. The van der Waals surface area contributed by atoms with Crippen LogP contribution in [0.15, 0.2) is 57.6 Å². The molecule has 114 valence electrons. The Kier molecular flexibility index (Phi) is 5.97. The van der Waals surface area contributed by atoms with Crippen molar-refractivity contribution >= 4 is 33.9 Å². The van der Waals surface area contributed by atoms with Gasteiger partial charge in [-0.15, -0.1) is 0 Å². The fourth-order valence-electron chi connectivity index (χ4n) is 1.57. The van der Waals surface area contributed by atoms with Gasteiger partial charge in [-0.2, -0.15) is 0 Å². The van der Waals surface area contributed by atoms with Gasteiger partial charge in [0.1, 0.15) is 5.76 Å². The topological polar surface area (TPSA) is 68.5 Å². The molecule has 0 radical (unpaired) electrons. The summed E-state index contributed by atoms with van der Waals surface area (Å²) in [7, 11) is 0. The largest absolute Gasteiger partial charge is 0.467 e. The summed E-state index contributed by atoms with van der Waals surface area (Å²) in [4.78, 5) is 23.0. The highest BCUT2D eigenvalue weighted by atomic mass is 79.9. The highest BCUT2D eigenvalue weighted by Gasteiger charge is 2.05. The Labute approximate surface area is 136 Å². The van der Waals surface area contributed by atoms with E-state index in [0.29, 0.717) is 5.76 Å². The molecule has 0 fully saturated rings. The molecule has 1 heterocycles. The van der Waals surface area contributed by atoms with Gasteiger partial charge >= 0.3 is 5.97 Å². The molecule has 0 saturated heterocycles. The van der Waals surface area contributed by atoms with Gasteiger partial charge < -0.3 is 14.5 Å². The summed E-state index contributed by atoms with van der Waals surface area (Å²) in [6, 6.07) is 10.9. The van der Waals surface area contributed by atoms with E-state index < -0.39 is 5.97 Å². The molecule has 2 aromatic rings. The highest BCUT2D eigenvalue weighted by molar-refractivity contribution is 9.10. The van der Waals surface area contributed by atoms with Gasteiger partial charge in [-0.1, -0.05) is 28.1 Å². The monoisotopic (exact) mass is 363 g/mol. The Morgan fingerprint density at radius 1 is 1.23 bits per heavy atom. The maximum Gasteiger partial charge on any atom is 0.331 e. The van der Waals surface area contributed by atoms with Crippen LogP contribution >= 0.6 is 15.9 Å². The molecule has 0 aliphatic carbocycles. The van der Waals surface area contributed by atoms with Crippen LogP contribution in [0.25, 0.3) is 6.08 Å². The number of esters is 1. The number of hydrogen-bond donors (Lipinski definition) is 1. The summed E-state index contributed by atoms with van der Waals surface area (Å²) in [5, 5.41) is 2.58. The molecule has 0 bridgehead atoms. The summed E-state index contributed by atoms with van der Waals surface area (Å²) in [5.41, 5.74) is 0.863. The third-order valence-corrected chi connectivity index (χ3v) is 3.20. The van der Waals surface area contributed by atoms with Crippen molar-refractivity contribution in [1.29, 1.82) is 0 Å².